The summed E-state index contributed by atoms with van der Waals surface area (Å²) in [4.78, 5) is 25.8. The van der Waals surface area contributed by atoms with Crippen LogP contribution in [0.4, 0.5) is 16.3 Å². The minimum atomic E-state index is -0.578. The van der Waals surface area contributed by atoms with Crippen LogP contribution in [0.15, 0.2) is 18.5 Å². The predicted molar refractivity (Wildman–Crippen MR) is 139 cm³/mol. The van der Waals surface area contributed by atoms with Gasteiger partial charge in [-0.25, -0.2) is 19.4 Å². The second kappa shape index (κ2) is 10.2. The van der Waals surface area contributed by atoms with Gasteiger partial charge in [0.05, 0.1) is 30.8 Å². The average molecular weight is 525 g/mol. The van der Waals surface area contributed by atoms with Crippen molar-refractivity contribution in [3.05, 3.63) is 18.5 Å². The molecule has 13 heteroatoms. The van der Waals surface area contributed by atoms with Gasteiger partial charge in [0.1, 0.15) is 17.8 Å². The van der Waals surface area contributed by atoms with Crippen LogP contribution >= 0.6 is 0 Å². The molecular weight excluding hydrogens is 492 g/mol. The van der Waals surface area contributed by atoms with Gasteiger partial charge in [-0.1, -0.05) is 0 Å². The minimum absolute atomic E-state index is 0.0140. The quantitative estimate of drug-likeness (QED) is 0.467. The Balaban J connectivity index is 1.26. The Labute approximate surface area is 219 Å². The molecule has 1 amide bonds. The fourth-order valence-corrected chi connectivity index (χ4v) is 5.12. The van der Waals surface area contributed by atoms with E-state index in [0.717, 1.165) is 32.5 Å². The summed E-state index contributed by atoms with van der Waals surface area (Å²) in [6, 6.07) is 4.19. The number of ether oxygens (including phenoxy) is 4. The van der Waals surface area contributed by atoms with Gasteiger partial charge in [-0.2, -0.15) is 5.10 Å². The highest BCUT2D eigenvalue weighted by molar-refractivity contribution is 6.01. The van der Waals surface area contributed by atoms with Crippen LogP contribution in [0.2, 0.25) is 0 Å². The van der Waals surface area contributed by atoms with Crippen molar-refractivity contribution in [3.63, 3.8) is 0 Å². The van der Waals surface area contributed by atoms with E-state index in [1.54, 1.807) is 6.07 Å². The highest BCUT2D eigenvalue weighted by Crippen LogP contribution is 2.47. The highest BCUT2D eigenvalue weighted by atomic mass is 16.7. The van der Waals surface area contributed by atoms with Crippen LogP contribution in [0.1, 0.15) is 12.8 Å². The lowest BCUT2D eigenvalue weighted by Crippen LogP contribution is -2.42. The summed E-state index contributed by atoms with van der Waals surface area (Å²) in [7, 11) is 4.29. The van der Waals surface area contributed by atoms with E-state index in [2.05, 4.69) is 39.2 Å². The molecule has 0 radical (unpaired) electrons. The zero-order valence-electron chi connectivity index (χ0n) is 21.6. The maximum atomic E-state index is 12.3. The first-order valence-corrected chi connectivity index (χ1v) is 12.8. The van der Waals surface area contributed by atoms with E-state index in [4.69, 9.17) is 29.8 Å². The van der Waals surface area contributed by atoms with Gasteiger partial charge in [-0.3, -0.25) is 5.32 Å². The van der Waals surface area contributed by atoms with Crippen molar-refractivity contribution < 1.29 is 23.7 Å². The molecule has 2 aromatic heterocycles. The molecule has 6 rings (SSSR count). The third-order valence-electron chi connectivity index (χ3n) is 7.37. The molecule has 38 heavy (non-hydrogen) atoms. The first-order valence-electron chi connectivity index (χ1n) is 12.8. The molecule has 1 aromatic carbocycles. The van der Waals surface area contributed by atoms with Crippen molar-refractivity contribution in [3.8, 4) is 22.8 Å². The van der Waals surface area contributed by atoms with Gasteiger partial charge < -0.3 is 34.5 Å². The fourth-order valence-electron chi connectivity index (χ4n) is 5.12. The maximum absolute atomic E-state index is 12.3. The van der Waals surface area contributed by atoms with E-state index >= 15 is 0 Å². The lowest BCUT2D eigenvalue weighted by atomic mass is 10.0. The summed E-state index contributed by atoms with van der Waals surface area (Å²) >= 11 is 0. The monoisotopic (exact) mass is 524 g/mol. The van der Waals surface area contributed by atoms with Gasteiger partial charge in [-0.15, -0.1) is 0 Å². The Morgan fingerprint density at radius 3 is 2.68 bits per heavy atom. The number of rotatable bonds is 7. The van der Waals surface area contributed by atoms with Crippen molar-refractivity contribution in [1.82, 2.24) is 29.5 Å². The zero-order chi connectivity index (χ0) is 26.2. The van der Waals surface area contributed by atoms with E-state index in [0.29, 0.717) is 71.1 Å². The number of carbonyl (C=O) groups is 1. The standard InChI is InChI=1S/C25H32N8O5/c1-31(2)15-5-7-32(8-6-15)9-10-33-24-19(23(26)27-13-28-24)20(30-33)17-3-4-18(22-21(17)36-14-37-22)29-25(34)38-16-11-35-12-16/h3-4,13,15-16H,5-12,14H2,1-2H3,(H,29,34)(H2,26,27,28). The van der Waals surface area contributed by atoms with Gasteiger partial charge in [0.25, 0.3) is 0 Å². The Bertz CT molecular complexity index is 1330. The molecule has 0 atom stereocenters. The number of nitrogens with one attached hydrogen (secondary N) is 1. The molecule has 2 fully saturated rings. The summed E-state index contributed by atoms with van der Waals surface area (Å²) in [5, 5.41) is 8.30. The highest BCUT2D eigenvalue weighted by Gasteiger charge is 2.29. The van der Waals surface area contributed by atoms with Crippen LogP contribution in [0.3, 0.4) is 0 Å². The molecule has 3 aromatic rings. The molecule has 0 bridgehead atoms. The van der Waals surface area contributed by atoms with Crippen molar-refractivity contribution in [2.75, 3.05) is 64.8 Å². The number of likely N-dealkylation sites (tertiary alicyclic amines) is 1. The Morgan fingerprint density at radius 2 is 1.95 bits per heavy atom. The van der Waals surface area contributed by atoms with Gasteiger partial charge in [-0.05, 0) is 52.2 Å². The van der Waals surface area contributed by atoms with Crippen LogP contribution < -0.4 is 20.5 Å². The number of fused-ring (bicyclic) bond motifs is 2. The summed E-state index contributed by atoms with van der Waals surface area (Å²) in [6.07, 6.45) is 2.94. The van der Waals surface area contributed by atoms with E-state index in [1.165, 1.54) is 6.33 Å². The maximum Gasteiger partial charge on any atom is 0.412 e. The van der Waals surface area contributed by atoms with Crippen LogP contribution in [0.25, 0.3) is 22.3 Å². The molecule has 13 nitrogen and oxygen atoms in total. The van der Waals surface area contributed by atoms with Crippen molar-refractivity contribution in [1.29, 1.82) is 0 Å². The number of amides is 1. The molecule has 202 valence electrons. The normalized spacial score (nSPS) is 18.2. The summed E-state index contributed by atoms with van der Waals surface area (Å²) in [6.45, 7) is 4.44. The number of anilines is 2. The van der Waals surface area contributed by atoms with Crippen LogP contribution in [0, 0.1) is 0 Å². The van der Waals surface area contributed by atoms with Crippen LogP contribution in [0.5, 0.6) is 11.5 Å². The Hall–Kier alpha value is -3.68. The fraction of sp³-hybridized carbons (Fsp3) is 0.520. The smallest absolute Gasteiger partial charge is 0.412 e. The molecule has 3 aliphatic rings. The molecule has 2 saturated heterocycles. The van der Waals surface area contributed by atoms with Crippen LogP contribution in [-0.2, 0) is 16.0 Å². The van der Waals surface area contributed by atoms with E-state index in [9.17, 15) is 4.79 Å². The number of nitrogens with zero attached hydrogens (tertiary/aromatic N) is 6. The number of carbonyl (C=O) groups excluding carboxylic acids is 1. The zero-order valence-corrected chi connectivity index (χ0v) is 21.6. The molecule has 5 heterocycles. The topological polar surface area (TPSA) is 142 Å². The number of hydrogen-bond acceptors (Lipinski definition) is 11. The van der Waals surface area contributed by atoms with Crippen molar-refractivity contribution in [2.45, 2.75) is 31.5 Å². The summed E-state index contributed by atoms with van der Waals surface area (Å²) < 4.78 is 23.8. The summed E-state index contributed by atoms with van der Waals surface area (Å²) in [5.74, 6) is 1.21. The van der Waals surface area contributed by atoms with Crippen LogP contribution in [-0.4, -0.2) is 102 Å². The van der Waals surface area contributed by atoms with Crippen molar-refractivity contribution in [2.24, 2.45) is 0 Å². The first kappa shape index (κ1) is 24.6. The molecule has 3 N–H and O–H groups in total. The number of aromatic nitrogens is 4. The predicted octanol–water partition coefficient (Wildman–Crippen LogP) is 1.78. The van der Waals surface area contributed by atoms with E-state index < -0.39 is 6.09 Å². The second-order valence-electron chi connectivity index (χ2n) is 9.98. The Kier molecular flexibility index (Phi) is 6.64. The van der Waals surface area contributed by atoms with Gasteiger partial charge in [0.15, 0.2) is 23.3 Å². The number of benzene rings is 1. The lowest BCUT2D eigenvalue weighted by molar-refractivity contribution is -0.0951. The largest absolute Gasteiger partial charge is 0.453 e. The second-order valence-corrected chi connectivity index (χ2v) is 9.98. The number of nitrogens with two attached hydrogens (primary N) is 1. The summed E-state index contributed by atoms with van der Waals surface area (Å²) in [5.41, 5.74) is 8.71. The third-order valence-corrected chi connectivity index (χ3v) is 7.37. The first-order chi connectivity index (χ1) is 18.5. The van der Waals surface area contributed by atoms with E-state index in [1.807, 2.05) is 10.7 Å². The van der Waals surface area contributed by atoms with Gasteiger partial charge >= 0.3 is 6.09 Å². The molecule has 0 unspecified atom stereocenters. The van der Waals surface area contributed by atoms with E-state index in [-0.39, 0.29) is 12.9 Å². The minimum Gasteiger partial charge on any atom is -0.453 e. The molecule has 0 saturated carbocycles. The average Bonchev–Trinajstić information content (AvgIpc) is 3.52. The SMILES string of the molecule is CN(C)C1CCN(CCn2nc(-c3ccc(NC(=O)OC4COC4)c4c3OCO4)c3c(N)ncnc32)CC1. The lowest BCUT2D eigenvalue weighted by Gasteiger charge is -2.35. The molecule has 0 aliphatic carbocycles. The molecule has 3 aliphatic heterocycles. The molecule has 0 spiro atoms. The van der Waals surface area contributed by atoms with Crippen molar-refractivity contribution >= 4 is 28.6 Å². The third kappa shape index (κ3) is 4.68. The number of piperidine rings is 1. The number of hydrogen-bond donors (Lipinski definition) is 2. The number of nitrogen functional groups attached to an aromatic ring is 1. The Morgan fingerprint density at radius 1 is 1.16 bits per heavy atom. The molecular formula is C25H32N8O5. The van der Waals surface area contributed by atoms with Gasteiger partial charge in [0, 0.05) is 18.2 Å². The van der Waals surface area contributed by atoms with Gasteiger partial charge in [0.2, 0.25) is 6.79 Å².